The van der Waals surface area contributed by atoms with Crippen molar-refractivity contribution in [3.05, 3.63) is 32.4 Å². The lowest BCUT2D eigenvalue weighted by molar-refractivity contribution is 0.145. The van der Waals surface area contributed by atoms with Crippen molar-refractivity contribution in [3.8, 4) is 0 Å². The molecule has 1 N–H and O–H groups in total. The fourth-order valence-corrected chi connectivity index (χ4v) is 1.07. The Morgan fingerprint density at radius 2 is 2.08 bits per heavy atom. The van der Waals surface area contributed by atoms with Crippen LogP contribution in [0.5, 0.6) is 0 Å². The predicted octanol–water partition coefficient (Wildman–Crippen LogP) is 2.21. The van der Waals surface area contributed by atoms with Crippen molar-refractivity contribution < 1.29 is 13.2 Å². The number of aromatic amines is 1. The summed E-state index contributed by atoms with van der Waals surface area (Å²) in [6, 6.07) is 0.835. The van der Waals surface area contributed by atoms with Gasteiger partial charge in [-0.3, -0.25) is 4.79 Å². The minimum absolute atomic E-state index is 0.262. The minimum atomic E-state index is -2.81. The van der Waals surface area contributed by atoms with Gasteiger partial charge in [-0.05, 0) is 22.0 Å². The number of halogens is 4. The summed E-state index contributed by atoms with van der Waals surface area (Å²) in [6.45, 7) is 0. The van der Waals surface area contributed by atoms with Gasteiger partial charge < -0.3 is 4.98 Å². The molecule has 0 aromatic carbocycles. The van der Waals surface area contributed by atoms with Gasteiger partial charge in [0.15, 0.2) is 0 Å². The fraction of sp³-hybridized carbons (Fsp3) is 0.167. The van der Waals surface area contributed by atoms with Crippen molar-refractivity contribution in [3.63, 3.8) is 0 Å². The predicted molar refractivity (Wildman–Crippen MR) is 39.7 cm³/mol. The second-order valence-electron chi connectivity index (χ2n) is 2.02. The van der Waals surface area contributed by atoms with Crippen LogP contribution in [0.25, 0.3) is 0 Å². The normalized spacial score (nSPS) is 10.8. The lowest BCUT2D eigenvalue weighted by Gasteiger charge is -1.99. The lowest BCUT2D eigenvalue weighted by Crippen LogP contribution is -2.13. The monoisotopic (exact) mass is 241 g/mol. The maximum atomic E-state index is 12.5. The molecule has 0 aliphatic carbocycles. The smallest absolute Gasteiger partial charge is 0.285 e. The van der Waals surface area contributed by atoms with Gasteiger partial charge in [-0.25, -0.2) is 8.78 Å². The minimum Gasteiger partial charge on any atom is -0.318 e. The first-order valence-corrected chi connectivity index (χ1v) is 3.68. The summed E-state index contributed by atoms with van der Waals surface area (Å²) in [5, 5.41) is 0. The van der Waals surface area contributed by atoms with Crippen LogP contribution in [0.2, 0.25) is 0 Å². The van der Waals surface area contributed by atoms with Gasteiger partial charge in [0, 0.05) is 0 Å². The summed E-state index contributed by atoms with van der Waals surface area (Å²) in [7, 11) is 0. The number of hydrogen-bond donors (Lipinski definition) is 1. The maximum absolute atomic E-state index is 12.5. The van der Waals surface area contributed by atoms with Crippen LogP contribution >= 0.6 is 15.9 Å². The van der Waals surface area contributed by atoms with Crippen LogP contribution in [-0.4, -0.2) is 4.98 Å². The van der Waals surface area contributed by atoms with Crippen molar-refractivity contribution in [2.24, 2.45) is 0 Å². The first-order chi connectivity index (χ1) is 5.52. The molecule has 0 aliphatic heterocycles. The zero-order chi connectivity index (χ0) is 9.30. The highest BCUT2D eigenvalue weighted by molar-refractivity contribution is 9.10. The second-order valence-corrected chi connectivity index (χ2v) is 2.87. The van der Waals surface area contributed by atoms with Crippen LogP contribution in [0, 0.1) is 5.82 Å². The Morgan fingerprint density at radius 3 is 2.50 bits per heavy atom. The molecule has 0 saturated carbocycles. The van der Waals surface area contributed by atoms with Crippen LogP contribution < -0.4 is 5.56 Å². The fourth-order valence-electron chi connectivity index (χ4n) is 0.648. The Hall–Kier alpha value is -0.780. The van der Waals surface area contributed by atoms with Crippen molar-refractivity contribution in [2.45, 2.75) is 6.43 Å². The molecule has 1 aromatic heterocycles. The molecule has 0 spiro atoms. The average molecular weight is 242 g/mol. The number of H-pyrrole nitrogens is 1. The van der Waals surface area contributed by atoms with Crippen molar-refractivity contribution >= 4 is 15.9 Å². The number of pyridine rings is 1. The van der Waals surface area contributed by atoms with E-state index in [2.05, 4.69) is 15.9 Å². The van der Waals surface area contributed by atoms with E-state index < -0.39 is 23.5 Å². The van der Waals surface area contributed by atoms with E-state index in [1.165, 1.54) is 0 Å². The zero-order valence-electron chi connectivity index (χ0n) is 5.57. The van der Waals surface area contributed by atoms with Gasteiger partial charge in [-0.15, -0.1) is 0 Å². The quantitative estimate of drug-likeness (QED) is 0.804. The van der Waals surface area contributed by atoms with Gasteiger partial charge in [-0.1, -0.05) is 0 Å². The molecular weight excluding hydrogens is 239 g/mol. The van der Waals surface area contributed by atoms with Crippen LogP contribution in [0.3, 0.4) is 0 Å². The molecule has 0 bridgehead atoms. The molecule has 0 saturated heterocycles. The van der Waals surface area contributed by atoms with Crippen LogP contribution in [-0.2, 0) is 0 Å². The molecule has 0 fully saturated rings. The average Bonchev–Trinajstić information content (AvgIpc) is 1.99. The van der Waals surface area contributed by atoms with Crippen LogP contribution in [0.1, 0.15) is 12.1 Å². The Bertz CT molecular complexity index is 349. The van der Waals surface area contributed by atoms with Gasteiger partial charge in [0.1, 0.15) is 0 Å². The first-order valence-electron chi connectivity index (χ1n) is 2.88. The Balaban J connectivity index is 3.31. The van der Waals surface area contributed by atoms with E-state index in [1.54, 1.807) is 4.98 Å². The largest absolute Gasteiger partial charge is 0.318 e. The molecule has 1 rings (SSSR count). The summed E-state index contributed by atoms with van der Waals surface area (Å²) in [5.74, 6) is -1.10. The standard InChI is InChI=1S/C6H3BrF3NO/c7-2-1-3(5(9)10)11-6(12)4(2)8/h1,5H,(H,11,12). The van der Waals surface area contributed by atoms with Gasteiger partial charge in [0.2, 0.25) is 5.82 Å². The Labute approximate surface area is 73.5 Å². The topological polar surface area (TPSA) is 32.9 Å². The van der Waals surface area contributed by atoms with E-state index in [4.69, 9.17) is 0 Å². The van der Waals surface area contributed by atoms with Crippen LogP contribution in [0.15, 0.2) is 15.3 Å². The number of rotatable bonds is 1. The first kappa shape index (κ1) is 9.31. The molecule has 2 nitrogen and oxygen atoms in total. The van der Waals surface area contributed by atoms with Crippen molar-refractivity contribution in [1.29, 1.82) is 0 Å². The molecule has 0 atom stereocenters. The van der Waals surface area contributed by atoms with Crippen LogP contribution in [0.4, 0.5) is 13.2 Å². The molecule has 12 heavy (non-hydrogen) atoms. The summed E-state index contributed by atoms with van der Waals surface area (Å²) < 4.78 is 36.2. The van der Waals surface area contributed by atoms with E-state index in [0.717, 1.165) is 6.07 Å². The number of alkyl halides is 2. The molecule has 0 unspecified atom stereocenters. The highest BCUT2D eigenvalue weighted by Crippen LogP contribution is 2.19. The highest BCUT2D eigenvalue weighted by atomic mass is 79.9. The van der Waals surface area contributed by atoms with E-state index >= 15 is 0 Å². The molecule has 6 heteroatoms. The molecule has 1 aromatic rings. The second kappa shape index (κ2) is 3.30. The Kier molecular flexibility index (Phi) is 2.56. The third-order valence-corrected chi connectivity index (χ3v) is 1.76. The zero-order valence-corrected chi connectivity index (χ0v) is 7.16. The van der Waals surface area contributed by atoms with E-state index in [0.29, 0.717) is 0 Å². The molecular formula is C6H3BrF3NO. The summed E-state index contributed by atoms with van der Waals surface area (Å²) in [4.78, 5) is 12.3. The van der Waals surface area contributed by atoms with Gasteiger partial charge in [0.25, 0.3) is 12.0 Å². The molecule has 0 radical (unpaired) electrons. The van der Waals surface area contributed by atoms with Gasteiger partial charge in [-0.2, -0.15) is 4.39 Å². The summed E-state index contributed by atoms with van der Waals surface area (Å²) >= 11 is 2.64. The number of hydrogen-bond acceptors (Lipinski definition) is 1. The summed E-state index contributed by atoms with van der Waals surface area (Å²) in [6.07, 6.45) is -2.81. The number of aromatic nitrogens is 1. The number of nitrogens with one attached hydrogen (secondary N) is 1. The molecule has 0 amide bonds. The third-order valence-electron chi connectivity index (χ3n) is 1.18. The molecule has 0 aliphatic rings. The molecule has 1 heterocycles. The SMILES string of the molecule is O=c1[nH]c(C(F)F)cc(Br)c1F. The van der Waals surface area contributed by atoms with E-state index in [1.807, 2.05) is 0 Å². The van der Waals surface area contributed by atoms with E-state index in [9.17, 15) is 18.0 Å². The summed E-state index contributed by atoms with van der Waals surface area (Å²) in [5.41, 5.74) is -1.76. The van der Waals surface area contributed by atoms with Gasteiger partial charge in [0.05, 0.1) is 10.2 Å². The maximum Gasteiger partial charge on any atom is 0.285 e. The molecule has 66 valence electrons. The van der Waals surface area contributed by atoms with Crippen molar-refractivity contribution in [2.75, 3.05) is 0 Å². The highest BCUT2D eigenvalue weighted by Gasteiger charge is 2.12. The van der Waals surface area contributed by atoms with Crippen molar-refractivity contribution in [1.82, 2.24) is 4.98 Å². The Morgan fingerprint density at radius 1 is 1.50 bits per heavy atom. The van der Waals surface area contributed by atoms with Gasteiger partial charge >= 0.3 is 0 Å². The lowest BCUT2D eigenvalue weighted by atomic mass is 10.3. The third kappa shape index (κ3) is 1.69. The van der Waals surface area contributed by atoms with E-state index in [-0.39, 0.29) is 4.47 Å².